The van der Waals surface area contributed by atoms with E-state index >= 15 is 0 Å². The minimum Gasteiger partial charge on any atom is -0.443 e. The summed E-state index contributed by atoms with van der Waals surface area (Å²) in [4.78, 5) is 28.4. The topological polar surface area (TPSA) is 84.2 Å². The molecular formula is C19H23N3O3. The number of amides is 2. The van der Waals surface area contributed by atoms with Crippen LogP contribution in [-0.4, -0.2) is 29.9 Å². The van der Waals surface area contributed by atoms with Crippen LogP contribution in [0.4, 0.5) is 0 Å². The SMILES string of the molecule is O=C(NCCNC(=O)C1CCCCC1)c1ncoc1-c1ccccc1. The third kappa shape index (κ3) is 4.47. The summed E-state index contributed by atoms with van der Waals surface area (Å²) in [6.07, 6.45) is 6.69. The summed E-state index contributed by atoms with van der Waals surface area (Å²) in [5.41, 5.74) is 1.06. The molecule has 1 heterocycles. The predicted molar refractivity (Wildman–Crippen MR) is 93.9 cm³/mol. The summed E-state index contributed by atoms with van der Waals surface area (Å²) in [7, 11) is 0. The molecular weight excluding hydrogens is 318 g/mol. The Hall–Kier alpha value is -2.63. The molecule has 2 N–H and O–H groups in total. The molecule has 1 aliphatic rings. The summed E-state index contributed by atoms with van der Waals surface area (Å²) in [5.74, 6) is 0.369. The lowest BCUT2D eigenvalue weighted by Gasteiger charge is -2.20. The second-order valence-corrected chi connectivity index (χ2v) is 6.28. The van der Waals surface area contributed by atoms with Crippen LogP contribution >= 0.6 is 0 Å². The summed E-state index contributed by atoms with van der Waals surface area (Å²) >= 11 is 0. The second kappa shape index (κ2) is 8.46. The van der Waals surface area contributed by atoms with Crippen LogP contribution in [-0.2, 0) is 4.79 Å². The normalized spacial score (nSPS) is 14.9. The smallest absolute Gasteiger partial charge is 0.273 e. The van der Waals surface area contributed by atoms with E-state index < -0.39 is 0 Å². The molecule has 2 amide bonds. The van der Waals surface area contributed by atoms with E-state index in [2.05, 4.69) is 15.6 Å². The number of nitrogens with one attached hydrogen (secondary N) is 2. The van der Waals surface area contributed by atoms with Gasteiger partial charge in [-0.3, -0.25) is 9.59 Å². The first-order valence-electron chi connectivity index (χ1n) is 8.80. The highest BCUT2D eigenvalue weighted by Gasteiger charge is 2.21. The number of carbonyl (C=O) groups excluding carboxylic acids is 2. The Balaban J connectivity index is 1.47. The van der Waals surface area contributed by atoms with Gasteiger partial charge in [0.05, 0.1) is 0 Å². The Bertz CT molecular complexity index is 706. The van der Waals surface area contributed by atoms with Crippen LogP contribution in [0.25, 0.3) is 11.3 Å². The number of rotatable bonds is 6. The van der Waals surface area contributed by atoms with Crippen molar-refractivity contribution >= 4 is 11.8 Å². The van der Waals surface area contributed by atoms with E-state index in [9.17, 15) is 9.59 Å². The summed E-state index contributed by atoms with van der Waals surface area (Å²) in [6, 6.07) is 9.37. The van der Waals surface area contributed by atoms with Crippen molar-refractivity contribution in [3.63, 3.8) is 0 Å². The molecule has 6 heteroatoms. The molecule has 0 aliphatic heterocycles. The van der Waals surface area contributed by atoms with Crippen molar-refractivity contribution in [1.82, 2.24) is 15.6 Å². The summed E-state index contributed by atoms with van der Waals surface area (Å²) in [6.45, 7) is 0.776. The van der Waals surface area contributed by atoms with E-state index in [1.54, 1.807) is 0 Å². The highest BCUT2D eigenvalue weighted by molar-refractivity contribution is 5.97. The Morgan fingerprint density at radius 2 is 1.76 bits per heavy atom. The van der Waals surface area contributed by atoms with Crippen molar-refractivity contribution in [1.29, 1.82) is 0 Å². The highest BCUT2D eigenvalue weighted by atomic mass is 16.3. The lowest BCUT2D eigenvalue weighted by atomic mass is 9.89. The molecule has 0 radical (unpaired) electrons. The number of aromatic nitrogens is 1. The lowest BCUT2D eigenvalue weighted by Crippen LogP contribution is -2.38. The number of hydrogen-bond acceptors (Lipinski definition) is 4. The molecule has 0 bridgehead atoms. The average Bonchev–Trinajstić information content (AvgIpc) is 3.16. The molecule has 132 valence electrons. The van der Waals surface area contributed by atoms with Gasteiger partial charge in [-0.05, 0) is 12.8 Å². The minimum atomic E-state index is -0.306. The molecule has 0 saturated heterocycles. The van der Waals surface area contributed by atoms with E-state index in [0.717, 1.165) is 31.2 Å². The van der Waals surface area contributed by atoms with Crippen LogP contribution in [0.5, 0.6) is 0 Å². The predicted octanol–water partition coefficient (Wildman–Crippen LogP) is 2.77. The summed E-state index contributed by atoms with van der Waals surface area (Å²) < 4.78 is 5.35. The second-order valence-electron chi connectivity index (χ2n) is 6.28. The van der Waals surface area contributed by atoms with Crippen molar-refractivity contribution in [3.8, 4) is 11.3 Å². The van der Waals surface area contributed by atoms with Gasteiger partial charge in [-0.2, -0.15) is 0 Å². The van der Waals surface area contributed by atoms with E-state index in [1.807, 2.05) is 30.3 Å². The number of oxazole rings is 1. The molecule has 0 atom stereocenters. The molecule has 6 nitrogen and oxygen atoms in total. The van der Waals surface area contributed by atoms with E-state index in [0.29, 0.717) is 18.8 Å². The van der Waals surface area contributed by atoms with Crippen molar-refractivity contribution < 1.29 is 14.0 Å². The molecule has 3 rings (SSSR count). The van der Waals surface area contributed by atoms with Crippen molar-refractivity contribution in [3.05, 3.63) is 42.4 Å². The highest BCUT2D eigenvalue weighted by Crippen LogP contribution is 2.24. The van der Waals surface area contributed by atoms with Gasteiger partial charge in [0.1, 0.15) is 0 Å². The molecule has 1 aliphatic carbocycles. The molecule has 25 heavy (non-hydrogen) atoms. The van der Waals surface area contributed by atoms with Crippen LogP contribution in [0, 0.1) is 5.92 Å². The third-order valence-electron chi connectivity index (χ3n) is 4.50. The van der Waals surface area contributed by atoms with Crippen LogP contribution in [0.2, 0.25) is 0 Å². The Morgan fingerprint density at radius 1 is 1.04 bits per heavy atom. The number of carbonyl (C=O) groups is 2. The van der Waals surface area contributed by atoms with Crippen LogP contribution in [0.3, 0.4) is 0 Å². The zero-order chi connectivity index (χ0) is 17.5. The first-order valence-corrected chi connectivity index (χ1v) is 8.80. The van der Waals surface area contributed by atoms with Gasteiger partial charge in [-0.15, -0.1) is 0 Å². The number of hydrogen-bond donors (Lipinski definition) is 2. The minimum absolute atomic E-state index is 0.0976. The molecule has 1 aromatic heterocycles. The van der Waals surface area contributed by atoms with Crippen molar-refractivity contribution in [2.75, 3.05) is 13.1 Å². The van der Waals surface area contributed by atoms with E-state index in [4.69, 9.17) is 4.42 Å². The van der Waals surface area contributed by atoms with E-state index in [1.165, 1.54) is 12.8 Å². The van der Waals surface area contributed by atoms with Gasteiger partial charge in [0.15, 0.2) is 17.8 Å². The first kappa shape index (κ1) is 17.2. The van der Waals surface area contributed by atoms with Gasteiger partial charge in [0, 0.05) is 24.6 Å². The van der Waals surface area contributed by atoms with E-state index in [-0.39, 0.29) is 23.4 Å². The van der Waals surface area contributed by atoms with Gasteiger partial charge < -0.3 is 15.1 Å². The van der Waals surface area contributed by atoms with Gasteiger partial charge in [0.25, 0.3) is 5.91 Å². The number of benzene rings is 1. The maximum atomic E-state index is 12.3. The van der Waals surface area contributed by atoms with Crippen molar-refractivity contribution in [2.24, 2.45) is 5.92 Å². The van der Waals surface area contributed by atoms with Gasteiger partial charge >= 0.3 is 0 Å². The maximum Gasteiger partial charge on any atom is 0.273 e. The lowest BCUT2D eigenvalue weighted by molar-refractivity contribution is -0.125. The Morgan fingerprint density at radius 3 is 2.52 bits per heavy atom. The van der Waals surface area contributed by atoms with Crippen molar-refractivity contribution in [2.45, 2.75) is 32.1 Å². The fourth-order valence-corrected chi connectivity index (χ4v) is 3.16. The largest absolute Gasteiger partial charge is 0.443 e. The molecule has 1 saturated carbocycles. The molecule has 2 aromatic rings. The molecule has 1 aromatic carbocycles. The zero-order valence-corrected chi connectivity index (χ0v) is 14.2. The quantitative estimate of drug-likeness (QED) is 0.791. The van der Waals surface area contributed by atoms with Gasteiger partial charge in [0.2, 0.25) is 5.91 Å². The Kier molecular flexibility index (Phi) is 5.82. The van der Waals surface area contributed by atoms with Crippen LogP contribution in [0.15, 0.2) is 41.1 Å². The van der Waals surface area contributed by atoms with Gasteiger partial charge in [-0.1, -0.05) is 49.6 Å². The summed E-state index contributed by atoms with van der Waals surface area (Å²) in [5, 5.41) is 5.68. The molecule has 1 fully saturated rings. The monoisotopic (exact) mass is 341 g/mol. The zero-order valence-electron chi connectivity index (χ0n) is 14.2. The standard InChI is InChI=1S/C19H23N3O3/c23-18(15-9-5-2-6-10-15)20-11-12-21-19(24)16-17(25-13-22-16)14-7-3-1-4-8-14/h1,3-4,7-8,13,15H,2,5-6,9-12H2,(H,20,23)(H,21,24). The molecule has 0 unspecified atom stereocenters. The average molecular weight is 341 g/mol. The fraction of sp³-hybridized carbons (Fsp3) is 0.421. The molecule has 0 spiro atoms. The Labute approximate surface area is 147 Å². The van der Waals surface area contributed by atoms with Gasteiger partial charge in [-0.25, -0.2) is 4.98 Å². The van der Waals surface area contributed by atoms with Crippen LogP contribution < -0.4 is 10.6 Å². The number of nitrogens with zero attached hydrogens (tertiary/aromatic N) is 1. The van der Waals surface area contributed by atoms with Crippen LogP contribution in [0.1, 0.15) is 42.6 Å². The maximum absolute atomic E-state index is 12.3. The fourth-order valence-electron chi connectivity index (χ4n) is 3.16. The first-order chi connectivity index (χ1) is 12.3. The third-order valence-corrected chi connectivity index (χ3v) is 4.50.